The van der Waals surface area contributed by atoms with Gasteiger partial charge in [0.1, 0.15) is 0 Å². The van der Waals surface area contributed by atoms with Gasteiger partial charge in [-0.15, -0.1) is 0 Å². The summed E-state index contributed by atoms with van der Waals surface area (Å²) in [7, 11) is 0. The molecule has 6 nitrogen and oxygen atoms in total. The summed E-state index contributed by atoms with van der Waals surface area (Å²) in [5.41, 5.74) is 0.366. The van der Waals surface area contributed by atoms with E-state index in [0.29, 0.717) is 17.4 Å². The van der Waals surface area contributed by atoms with Crippen molar-refractivity contribution in [1.82, 2.24) is 15.3 Å². The fourth-order valence-corrected chi connectivity index (χ4v) is 1.68. The van der Waals surface area contributed by atoms with Gasteiger partial charge in [-0.25, -0.2) is 4.79 Å². The summed E-state index contributed by atoms with van der Waals surface area (Å²) in [6, 6.07) is 5.13. The van der Waals surface area contributed by atoms with Gasteiger partial charge in [0.05, 0.1) is 10.9 Å². The molecule has 1 heterocycles. The van der Waals surface area contributed by atoms with Crippen molar-refractivity contribution in [1.29, 1.82) is 0 Å². The summed E-state index contributed by atoms with van der Waals surface area (Å²) >= 11 is 0. The van der Waals surface area contributed by atoms with Gasteiger partial charge in [-0.3, -0.25) is 14.6 Å². The molecular weight excluding hydrogens is 246 g/mol. The molecule has 1 aromatic heterocycles. The van der Waals surface area contributed by atoms with Crippen LogP contribution in [0.25, 0.3) is 17.0 Å². The number of aromatic nitrogens is 2. The molecule has 1 aromatic carbocycles. The molecule has 0 spiro atoms. The molecule has 0 aliphatic heterocycles. The lowest BCUT2D eigenvalue weighted by molar-refractivity contribution is -0.118. The van der Waals surface area contributed by atoms with Crippen LogP contribution in [0.2, 0.25) is 0 Å². The Kier molecular flexibility index (Phi) is 3.61. The number of carbonyl (C=O) groups is 1. The molecule has 98 valence electrons. The number of hydrogen-bond donors (Lipinski definition) is 3. The highest BCUT2D eigenvalue weighted by atomic mass is 16.2. The minimum Gasteiger partial charge on any atom is -0.353 e. The van der Waals surface area contributed by atoms with Crippen LogP contribution in [0.1, 0.15) is 12.5 Å². The zero-order chi connectivity index (χ0) is 13.8. The van der Waals surface area contributed by atoms with Crippen LogP contribution in [0.15, 0.2) is 33.9 Å². The number of amides is 1. The van der Waals surface area contributed by atoms with Gasteiger partial charge in [0, 0.05) is 13.5 Å². The van der Waals surface area contributed by atoms with Gasteiger partial charge in [-0.05, 0) is 17.7 Å². The van der Waals surface area contributed by atoms with E-state index >= 15 is 0 Å². The number of fused-ring (bicyclic) bond motifs is 1. The molecule has 0 fully saturated rings. The van der Waals surface area contributed by atoms with E-state index in [9.17, 15) is 14.4 Å². The van der Waals surface area contributed by atoms with Crippen molar-refractivity contribution in [3.05, 3.63) is 50.7 Å². The summed E-state index contributed by atoms with van der Waals surface area (Å²) in [5, 5.41) is 3.05. The van der Waals surface area contributed by atoms with E-state index in [1.807, 2.05) is 0 Å². The van der Waals surface area contributed by atoms with Crippen molar-refractivity contribution in [3.63, 3.8) is 0 Å². The Labute approximate surface area is 108 Å². The Morgan fingerprint density at radius 1 is 1.32 bits per heavy atom. The molecule has 0 bridgehead atoms. The average molecular weight is 259 g/mol. The van der Waals surface area contributed by atoms with E-state index in [1.54, 1.807) is 30.4 Å². The molecule has 2 aromatic rings. The number of hydrogen-bond acceptors (Lipinski definition) is 3. The lowest BCUT2D eigenvalue weighted by atomic mass is 10.1. The highest BCUT2D eigenvalue weighted by molar-refractivity contribution is 5.80. The van der Waals surface area contributed by atoms with E-state index in [2.05, 4.69) is 15.3 Å². The van der Waals surface area contributed by atoms with Crippen molar-refractivity contribution in [3.8, 4) is 0 Å². The second kappa shape index (κ2) is 5.34. The summed E-state index contributed by atoms with van der Waals surface area (Å²) in [6.07, 6.45) is 3.57. The molecule has 0 saturated carbocycles. The van der Waals surface area contributed by atoms with Gasteiger partial charge in [0.2, 0.25) is 5.91 Å². The first-order valence-electron chi connectivity index (χ1n) is 5.73. The predicted molar refractivity (Wildman–Crippen MR) is 72.9 cm³/mol. The van der Waals surface area contributed by atoms with E-state index in [-0.39, 0.29) is 5.91 Å². The molecule has 1 amide bonds. The summed E-state index contributed by atoms with van der Waals surface area (Å²) in [6.45, 7) is 1.87. The summed E-state index contributed by atoms with van der Waals surface area (Å²) in [5.74, 6) is -0.0998. The fraction of sp³-hybridized carbons (Fsp3) is 0.154. The third-order valence-corrected chi connectivity index (χ3v) is 2.54. The highest BCUT2D eigenvalue weighted by Crippen LogP contribution is 2.09. The molecule has 19 heavy (non-hydrogen) atoms. The summed E-state index contributed by atoms with van der Waals surface area (Å²) in [4.78, 5) is 38.1. The van der Waals surface area contributed by atoms with Crippen LogP contribution in [0.5, 0.6) is 0 Å². The minimum atomic E-state index is -0.522. The van der Waals surface area contributed by atoms with Gasteiger partial charge in [0.25, 0.3) is 5.56 Å². The first-order valence-corrected chi connectivity index (χ1v) is 5.73. The molecule has 0 unspecified atom stereocenters. The zero-order valence-corrected chi connectivity index (χ0v) is 10.3. The van der Waals surface area contributed by atoms with Gasteiger partial charge >= 0.3 is 5.69 Å². The van der Waals surface area contributed by atoms with Gasteiger partial charge < -0.3 is 10.3 Å². The van der Waals surface area contributed by atoms with Gasteiger partial charge in [-0.2, -0.15) is 0 Å². The second-order valence-electron chi connectivity index (χ2n) is 4.05. The van der Waals surface area contributed by atoms with E-state index in [1.165, 1.54) is 6.92 Å². The Morgan fingerprint density at radius 3 is 2.84 bits per heavy atom. The molecule has 0 aliphatic carbocycles. The Morgan fingerprint density at radius 2 is 2.11 bits per heavy atom. The van der Waals surface area contributed by atoms with E-state index in [0.717, 1.165) is 5.56 Å². The number of benzene rings is 1. The van der Waals surface area contributed by atoms with Crippen molar-refractivity contribution in [2.45, 2.75) is 6.92 Å². The maximum Gasteiger partial charge on any atom is 0.326 e. The Bertz CT molecular complexity index is 756. The number of H-pyrrole nitrogens is 2. The number of carbonyl (C=O) groups excluding carboxylic acids is 1. The van der Waals surface area contributed by atoms with Gasteiger partial charge in [0.15, 0.2) is 0 Å². The largest absolute Gasteiger partial charge is 0.353 e. The number of aromatic amines is 2. The molecule has 3 N–H and O–H groups in total. The second-order valence-corrected chi connectivity index (χ2v) is 4.05. The normalized spacial score (nSPS) is 11.0. The highest BCUT2D eigenvalue weighted by Gasteiger charge is 2.00. The standard InChI is InChI=1S/C13H13N3O3/c1-8(17)14-6-2-3-9-4-5-11-10(7-9)12(18)16-13(19)15-11/h2-5,7H,6H2,1H3,(H,14,17)(H2,15,16,18,19). The monoisotopic (exact) mass is 259 g/mol. The lowest BCUT2D eigenvalue weighted by Gasteiger charge is -1.99. The smallest absolute Gasteiger partial charge is 0.326 e. The van der Waals surface area contributed by atoms with Crippen molar-refractivity contribution < 1.29 is 4.79 Å². The maximum atomic E-state index is 11.6. The van der Waals surface area contributed by atoms with Crippen molar-refractivity contribution >= 4 is 22.9 Å². The van der Waals surface area contributed by atoms with Crippen LogP contribution < -0.4 is 16.6 Å². The van der Waals surface area contributed by atoms with Crippen molar-refractivity contribution in [2.24, 2.45) is 0 Å². The molecular formula is C13H13N3O3. The van der Waals surface area contributed by atoms with Crippen LogP contribution in [-0.2, 0) is 4.79 Å². The van der Waals surface area contributed by atoms with E-state index < -0.39 is 11.2 Å². The van der Waals surface area contributed by atoms with Crippen LogP contribution in [0, 0.1) is 0 Å². The number of rotatable bonds is 3. The van der Waals surface area contributed by atoms with Gasteiger partial charge in [-0.1, -0.05) is 18.2 Å². The van der Waals surface area contributed by atoms with E-state index in [4.69, 9.17) is 0 Å². The first-order chi connectivity index (χ1) is 9.06. The van der Waals surface area contributed by atoms with Crippen LogP contribution in [0.4, 0.5) is 0 Å². The molecule has 0 atom stereocenters. The Hall–Kier alpha value is -2.63. The first kappa shape index (κ1) is 12.8. The minimum absolute atomic E-state index is 0.0998. The van der Waals surface area contributed by atoms with Crippen molar-refractivity contribution in [2.75, 3.05) is 6.54 Å². The topological polar surface area (TPSA) is 94.8 Å². The molecule has 0 aliphatic rings. The predicted octanol–water partition coefficient (Wildman–Crippen LogP) is 0.366. The fourth-order valence-electron chi connectivity index (χ4n) is 1.68. The SMILES string of the molecule is CC(=O)NCC=Cc1ccc2[nH]c(=O)[nH]c(=O)c2c1. The lowest BCUT2D eigenvalue weighted by Crippen LogP contribution is -2.21. The Balaban J connectivity index is 2.29. The third kappa shape index (κ3) is 3.19. The molecule has 0 saturated heterocycles. The van der Waals surface area contributed by atoms with Crippen LogP contribution in [0.3, 0.4) is 0 Å². The third-order valence-electron chi connectivity index (χ3n) is 2.54. The quantitative estimate of drug-likeness (QED) is 0.743. The number of nitrogens with one attached hydrogen (secondary N) is 3. The van der Waals surface area contributed by atoms with Crippen LogP contribution >= 0.6 is 0 Å². The average Bonchev–Trinajstić information content (AvgIpc) is 2.35. The van der Waals surface area contributed by atoms with Crippen LogP contribution in [-0.4, -0.2) is 22.4 Å². The molecule has 2 rings (SSSR count). The molecule has 6 heteroatoms. The maximum absolute atomic E-state index is 11.6. The zero-order valence-electron chi connectivity index (χ0n) is 10.3. The molecule has 0 radical (unpaired) electrons. The summed E-state index contributed by atoms with van der Waals surface area (Å²) < 4.78 is 0.